The number of nitrogens with zero attached hydrogens (tertiary/aromatic N) is 6. The summed E-state index contributed by atoms with van der Waals surface area (Å²) in [5.74, 6) is -0.372. The van der Waals surface area contributed by atoms with Crippen LogP contribution in [0.5, 0.6) is 0 Å². The molecule has 0 aliphatic rings. The number of hydrogen-bond donors (Lipinski definition) is 1. The lowest BCUT2D eigenvalue weighted by atomic mass is 10.5. The van der Waals surface area contributed by atoms with Gasteiger partial charge in [-0.25, -0.2) is 4.79 Å². The van der Waals surface area contributed by atoms with Crippen molar-refractivity contribution >= 4 is 22.9 Å². The molecular formula is C11H11N7O2S. The summed E-state index contributed by atoms with van der Waals surface area (Å²) in [6, 6.07) is 3.56. The van der Waals surface area contributed by atoms with Crippen LogP contribution in [0.15, 0.2) is 34.7 Å². The van der Waals surface area contributed by atoms with Crippen molar-refractivity contribution in [1.29, 1.82) is 0 Å². The van der Waals surface area contributed by atoms with E-state index in [-0.39, 0.29) is 12.5 Å². The number of carbonyl (C=O) groups excluding carboxylic acids is 1. The molecule has 0 saturated carbocycles. The van der Waals surface area contributed by atoms with Crippen LogP contribution in [0.2, 0.25) is 0 Å². The standard InChI is InChI=1S/C11H11N7O2S/c1-16-6-8(5-12-16)13-9(19)7-17-11(20)18(15-14-17)10-3-2-4-21-10/h2-6H,7H2,1H3,(H,13,19). The first kappa shape index (κ1) is 13.2. The Morgan fingerprint density at radius 3 is 2.95 bits per heavy atom. The molecule has 0 unspecified atom stereocenters. The van der Waals surface area contributed by atoms with Crippen molar-refractivity contribution in [3.63, 3.8) is 0 Å². The summed E-state index contributed by atoms with van der Waals surface area (Å²) in [6.07, 6.45) is 3.17. The maximum absolute atomic E-state index is 12.1. The van der Waals surface area contributed by atoms with E-state index in [0.717, 1.165) is 9.36 Å². The van der Waals surface area contributed by atoms with Gasteiger partial charge in [-0.3, -0.25) is 9.48 Å². The first-order valence-electron chi connectivity index (χ1n) is 5.98. The van der Waals surface area contributed by atoms with Crippen molar-refractivity contribution in [3.05, 3.63) is 40.4 Å². The van der Waals surface area contributed by atoms with E-state index in [1.807, 2.05) is 5.38 Å². The number of nitrogens with one attached hydrogen (secondary N) is 1. The second-order valence-electron chi connectivity index (χ2n) is 4.23. The van der Waals surface area contributed by atoms with Gasteiger partial charge in [0, 0.05) is 13.2 Å². The van der Waals surface area contributed by atoms with E-state index in [0.29, 0.717) is 10.7 Å². The fourth-order valence-corrected chi connectivity index (χ4v) is 2.39. The first-order valence-corrected chi connectivity index (χ1v) is 6.86. The fourth-order valence-electron chi connectivity index (χ4n) is 1.72. The Kier molecular flexibility index (Phi) is 3.36. The molecule has 0 spiro atoms. The number of rotatable bonds is 4. The summed E-state index contributed by atoms with van der Waals surface area (Å²) in [7, 11) is 1.74. The topological polar surface area (TPSA) is 99.6 Å². The molecule has 0 fully saturated rings. The van der Waals surface area contributed by atoms with Crippen LogP contribution in [0.4, 0.5) is 5.69 Å². The molecule has 1 amide bonds. The molecule has 3 heterocycles. The number of carbonyl (C=O) groups is 1. The molecular weight excluding hydrogens is 294 g/mol. The van der Waals surface area contributed by atoms with Crippen molar-refractivity contribution in [2.24, 2.45) is 7.05 Å². The van der Waals surface area contributed by atoms with Crippen molar-refractivity contribution < 1.29 is 4.79 Å². The van der Waals surface area contributed by atoms with E-state index in [4.69, 9.17) is 0 Å². The zero-order valence-corrected chi connectivity index (χ0v) is 11.8. The van der Waals surface area contributed by atoms with Gasteiger partial charge in [0.05, 0.1) is 11.9 Å². The monoisotopic (exact) mass is 305 g/mol. The minimum absolute atomic E-state index is 0.209. The first-order chi connectivity index (χ1) is 10.1. The van der Waals surface area contributed by atoms with Gasteiger partial charge in [0.2, 0.25) is 5.91 Å². The molecule has 0 aromatic carbocycles. The molecule has 3 aromatic heterocycles. The minimum Gasteiger partial charge on any atom is -0.322 e. The van der Waals surface area contributed by atoms with Gasteiger partial charge in [0.15, 0.2) is 0 Å². The molecule has 0 atom stereocenters. The zero-order chi connectivity index (χ0) is 14.8. The highest BCUT2D eigenvalue weighted by atomic mass is 32.1. The molecule has 108 valence electrons. The summed E-state index contributed by atoms with van der Waals surface area (Å²) >= 11 is 1.36. The molecule has 0 saturated heterocycles. The molecule has 0 aliphatic heterocycles. The Balaban J connectivity index is 1.74. The van der Waals surface area contributed by atoms with Gasteiger partial charge < -0.3 is 5.32 Å². The van der Waals surface area contributed by atoms with Crippen LogP contribution in [-0.2, 0) is 18.4 Å². The molecule has 1 N–H and O–H groups in total. The van der Waals surface area contributed by atoms with Gasteiger partial charge in [-0.15, -0.1) is 11.3 Å². The van der Waals surface area contributed by atoms with Gasteiger partial charge in [0.25, 0.3) is 0 Å². The third-order valence-corrected chi connectivity index (χ3v) is 3.48. The molecule has 21 heavy (non-hydrogen) atoms. The zero-order valence-electron chi connectivity index (χ0n) is 11.0. The van der Waals surface area contributed by atoms with Crippen LogP contribution in [0, 0.1) is 0 Å². The number of anilines is 1. The summed E-state index contributed by atoms with van der Waals surface area (Å²) in [4.78, 5) is 23.9. The number of aromatic nitrogens is 6. The van der Waals surface area contributed by atoms with E-state index in [1.54, 1.807) is 30.1 Å². The Bertz CT molecular complexity index is 814. The second-order valence-corrected chi connectivity index (χ2v) is 5.16. The van der Waals surface area contributed by atoms with E-state index in [9.17, 15) is 9.59 Å². The van der Waals surface area contributed by atoms with Crippen LogP contribution >= 0.6 is 11.3 Å². The van der Waals surface area contributed by atoms with E-state index < -0.39 is 5.69 Å². The lowest BCUT2D eigenvalue weighted by Crippen LogP contribution is -2.29. The maximum atomic E-state index is 12.1. The third-order valence-electron chi connectivity index (χ3n) is 2.64. The quantitative estimate of drug-likeness (QED) is 0.723. The van der Waals surface area contributed by atoms with Gasteiger partial charge >= 0.3 is 5.69 Å². The van der Waals surface area contributed by atoms with Gasteiger partial charge in [-0.05, 0) is 27.9 Å². The van der Waals surface area contributed by atoms with Gasteiger partial charge in [-0.1, -0.05) is 0 Å². The number of hydrogen-bond acceptors (Lipinski definition) is 6. The Morgan fingerprint density at radius 1 is 1.43 bits per heavy atom. The highest BCUT2D eigenvalue weighted by molar-refractivity contribution is 7.12. The molecule has 10 heteroatoms. The Labute approximate surface area is 122 Å². The Hall–Kier alpha value is -2.75. The van der Waals surface area contributed by atoms with Crippen LogP contribution in [0.3, 0.4) is 0 Å². The van der Waals surface area contributed by atoms with Crippen molar-refractivity contribution in [1.82, 2.24) is 29.6 Å². The number of amides is 1. The largest absolute Gasteiger partial charge is 0.369 e. The second kappa shape index (κ2) is 5.32. The average Bonchev–Trinajstić information content (AvgIpc) is 3.14. The summed E-state index contributed by atoms with van der Waals surface area (Å²) in [6.45, 7) is -0.209. The van der Waals surface area contributed by atoms with Crippen molar-refractivity contribution in [2.75, 3.05) is 5.32 Å². The number of tetrazole rings is 1. The van der Waals surface area contributed by atoms with E-state index in [1.165, 1.54) is 17.5 Å². The predicted octanol–water partition coefficient (Wildman–Crippen LogP) is -0.137. The SMILES string of the molecule is Cn1cc(NC(=O)Cn2nnn(-c3cccs3)c2=O)cn1. The van der Waals surface area contributed by atoms with Crippen molar-refractivity contribution in [3.8, 4) is 5.00 Å². The Morgan fingerprint density at radius 2 is 2.29 bits per heavy atom. The average molecular weight is 305 g/mol. The lowest BCUT2D eigenvalue weighted by molar-refractivity contribution is -0.117. The number of thiophene rings is 1. The normalized spacial score (nSPS) is 10.7. The molecule has 3 rings (SSSR count). The summed E-state index contributed by atoms with van der Waals surface area (Å²) in [5, 5.41) is 16.5. The molecule has 0 radical (unpaired) electrons. The highest BCUT2D eigenvalue weighted by Gasteiger charge is 2.13. The van der Waals surface area contributed by atoms with E-state index in [2.05, 4.69) is 20.8 Å². The minimum atomic E-state index is -0.459. The maximum Gasteiger partial charge on any atom is 0.369 e. The van der Waals surface area contributed by atoms with Crippen molar-refractivity contribution in [2.45, 2.75) is 6.54 Å². The van der Waals surface area contributed by atoms with Gasteiger partial charge in [0.1, 0.15) is 11.5 Å². The smallest absolute Gasteiger partial charge is 0.322 e. The summed E-state index contributed by atoms with van der Waals surface area (Å²) in [5.41, 5.74) is 0.0972. The van der Waals surface area contributed by atoms with Crippen LogP contribution in [0.25, 0.3) is 5.00 Å². The molecule has 0 bridgehead atoms. The molecule has 9 nitrogen and oxygen atoms in total. The molecule has 3 aromatic rings. The molecule has 0 aliphatic carbocycles. The van der Waals surface area contributed by atoms with Gasteiger partial charge in [-0.2, -0.15) is 14.5 Å². The third kappa shape index (κ3) is 2.74. The fraction of sp³-hybridized carbons (Fsp3) is 0.182. The van der Waals surface area contributed by atoms with Crippen LogP contribution in [-0.4, -0.2) is 35.5 Å². The lowest BCUT2D eigenvalue weighted by Gasteiger charge is -2.00. The van der Waals surface area contributed by atoms with Crippen LogP contribution < -0.4 is 11.0 Å². The number of aryl methyl sites for hydroxylation is 1. The van der Waals surface area contributed by atoms with E-state index >= 15 is 0 Å². The summed E-state index contributed by atoms with van der Waals surface area (Å²) < 4.78 is 3.72. The predicted molar refractivity (Wildman–Crippen MR) is 75.3 cm³/mol. The highest BCUT2D eigenvalue weighted by Crippen LogP contribution is 2.10. The van der Waals surface area contributed by atoms with Crippen LogP contribution in [0.1, 0.15) is 0 Å².